The highest BCUT2D eigenvalue weighted by atomic mass is 15.3. The molecule has 96 valence electrons. The number of aryl methyl sites for hydroxylation is 2. The van der Waals surface area contributed by atoms with Gasteiger partial charge in [-0.05, 0) is 39.2 Å². The summed E-state index contributed by atoms with van der Waals surface area (Å²) in [5.74, 6) is 2.25. The van der Waals surface area contributed by atoms with Gasteiger partial charge in [0.2, 0.25) is 0 Å². The molecule has 0 radical (unpaired) electrons. The number of rotatable bonds is 5. The van der Waals surface area contributed by atoms with E-state index in [-0.39, 0.29) is 0 Å². The zero-order valence-electron chi connectivity index (χ0n) is 10.9. The summed E-state index contributed by atoms with van der Waals surface area (Å²) in [5.41, 5.74) is 5.54. The van der Waals surface area contributed by atoms with Gasteiger partial charge in [-0.1, -0.05) is 19.3 Å². The molecule has 0 aliphatic heterocycles. The summed E-state index contributed by atoms with van der Waals surface area (Å²) >= 11 is 0. The van der Waals surface area contributed by atoms with Gasteiger partial charge in [0.1, 0.15) is 11.6 Å². The average Bonchev–Trinajstić information content (AvgIpc) is 2.72. The van der Waals surface area contributed by atoms with Crippen LogP contribution in [0.1, 0.15) is 62.6 Å². The van der Waals surface area contributed by atoms with Crippen LogP contribution in [0.25, 0.3) is 0 Å². The minimum absolute atomic E-state index is 0.645. The van der Waals surface area contributed by atoms with Crippen LogP contribution in [0.4, 0.5) is 0 Å². The van der Waals surface area contributed by atoms with Gasteiger partial charge in [0.25, 0.3) is 0 Å². The van der Waals surface area contributed by atoms with E-state index < -0.39 is 0 Å². The van der Waals surface area contributed by atoms with E-state index in [1.807, 2.05) is 0 Å². The first kappa shape index (κ1) is 12.6. The third kappa shape index (κ3) is 3.06. The summed E-state index contributed by atoms with van der Waals surface area (Å²) in [7, 11) is 0. The lowest BCUT2D eigenvalue weighted by molar-refractivity contribution is 0.340. The molecule has 1 aromatic heterocycles. The highest BCUT2D eigenvalue weighted by Crippen LogP contribution is 2.29. The molecule has 4 heteroatoms. The molecule has 4 nitrogen and oxygen atoms in total. The van der Waals surface area contributed by atoms with Gasteiger partial charge in [-0.3, -0.25) is 0 Å². The Morgan fingerprint density at radius 1 is 1.18 bits per heavy atom. The van der Waals surface area contributed by atoms with Crippen LogP contribution in [0.5, 0.6) is 0 Å². The van der Waals surface area contributed by atoms with Crippen molar-refractivity contribution in [2.24, 2.45) is 5.73 Å². The fraction of sp³-hybridized carbons (Fsp3) is 0.846. The molecule has 1 aromatic rings. The summed E-state index contributed by atoms with van der Waals surface area (Å²) in [6.07, 6.45) is 9.91. The van der Waals surface area contributed by atoms with Crippen molar-refractivity contribution in [3.05, 3.63) is 11.6 Å². The van der Waals surface area contributed by atoms with E-state index in [2.05, 4.69) is 21.7 Å². The monoisotopic (exact) mass is 236 g/mol. The normalized spacial score (nSPS) is 17.5. The van der Waals surface area contributed by atoms with Crippen LogP contribution in [0.3, 0.4) is 0 Å². The zero-order chi connectivity index (χ0) is 12.1. The molecule has 2 rings (SSSR count). The van der Waals surface area contributed by atoms with Gasteiger partial charge in [-0.15, -0.1) is 10.2 Å². The second-order valence-corrected chi connectivity index (χ2v) is 5.07. The molecule has 0 bridgehead atoms. The molecule has 0 atom stereocenters. The lowest BCUT2D eigenvalue weighted by Gasteiger charge is -2.25. The highest BCUT2D eigenvalue weighted by Gasteiger charge is 2.20. The Labute approximate surface area is 104 Å². The predicted molar refractivity (Wildman–Crippen MR) is 68.9 cm³/mol. The molecule has 0 unspecified atom stereocenters. The molecule has 17 heavy (non-hydrogen) atoms. The first-order chi connectivity index (χ1) is 8.33. The Morgan fingerprint density at radius 2 is 1.94 bits per heavy atom. The van der Waals surface area contributed by atoms with Crippen LogP contribution < -0.4 is 5.73 Å². The Kier molecular flexibility index (Phi) is 4.54. The van der Waals surface area contributed by atoms with Gasteiger partial charge in [0.15, 0.2) is 0 Å². The van der Waals surface area contributed by atoms with Crippen molar-refractivity contribution in [2.75, 3.05) is 6.54 Å². The maximum atomic E-state index is 5.54. The van der Waals surface area contributed by atoms with Gasteiger partial charge >= 0.3 is 0 Å². The molecule has 0 spiro atoms. The van der Waals surface area contributed by atoms with Crippen molar-refractivity contribution >= 4 is 0 Å². The van der Waals surface area contributed by atoms with Crippen molar-refractivity contribution in [2.45, 2.75) is 64.3 Å². The number of hydrogen-bond acceptors (Lipinski definition) is 3. The maximum Gasteiger partial charge on any atom is 0.133 e. The van der Waals surface area contributed by atoms with Crippen molar-refractivity contribution < 1.29 is 0 Å². The van der Waals surface area contributed by atoms with Crippen LogP contribution in [0, 0.1) is 6.92 Å². The van der Waals surface area contributed by atoms with E-state index in [9.17, 15) is 0 Å². The Morgan fingerprint density at radius 3 is 2.65 bits per heavy atom. The van der Waals surface area contributed by atoms with Gasteiger partial charge in [0, 0.05) is 12.5 Å². The van der Waals surface area contributed by atoms with Crippen molar-refractivity contribution in [1.29, 1.82) is 0 Å². The quantitative estimate of drug-likeness (QED) is 0.798. The molecule has 1 fully saturated rings. The fourth-order valence-corrected chi connectivity index (χ4v) is 2.83. The minimum Gasteiger partial charge on any atom is -0.330 e. The van der Waals surface area contributed by atoms with Gasteiger partial charge in [-0.25, -0.2) is 0 Å². The third-order valence-electron chi connectivity index (χ3n) is 3.73. The van der Waals surface area contributed by atoms with E-state index in [1.54, 1.807) is 0 Å². The second-order valence-electron chi connectivity index (χ2n) is 5.07. The van der Waals surface area contributed by atoms with Crippen LogP contribution in [0.15, 0.2) is 0 Å². The lowest BCUT2D eigenvalue weighted by Crippen LogP contribution is -2.17. The number of nitrogens with two attached hydrogens (primary N) is 1. The fourth-order valence-electron chi connectivity index (χ4n) is 2.83. The lowest BCUT2D eigenvalue weighted by atomic mass is 9.95. The van der Waals surface area contributed by atoms with E-state index >= 15 is 0 Å². The number of nitrogens with zero attached hydrogens (tertiary/aromatic N) is 3. The van der Waals surface area contributed by atoms with Crippen molar-refractivity contribution in [3.63, 3.8) is 0 Å². The Bertz CT molecular complexity index is 339. The summed E-state index contributed by atoms with van der Waals surface area (Å²) in [6.45, 7) is 2.85. The molecule has 0 saturated heterocycles. The average molecular weight is 236 g/mol. The molecule has 1 aliphatic carbocycles. The third-order valence-corrected chi connectivity index (χ3v) is 3.73. The SMILES string of the molecule is Cc1nnc(CCCCN)n1C1CCCCC1. The van der Waals surface area contributed by atoms with Crippen molar-refractivity contribution in [1.82, 2.24) is 14.8 Å². The molecule has 0 aromatic carbocycles. The summed E-state index contributed by atoms with van der Waals surface area (Å²) < 4.78 is 2.38. The Hall–Kier alpha value is -0.900. The summed E-state index contributed by atoms with van der Waals surface area (Å²) in [5, 5.41) is 8.59. The van der Waals surface area contributed by atoms with E-state index in [0.29, 0.717) is 6.04 Å². The predicted octanol–water partition coefficient (Wildman–Crippen LogP) is 2.37. The molecular weight excluding hydrogens is 212 g/mol. The van der Waals surface area contributed by atoms with E-state index in [0.717, 1.165) is 31.6 Å². The van der Waals surface area contributed by atoms with Gasteiger partial charge in [0.05, 0.1) is 0 Å². The zero-order valence-corrected chi connectivity index (χ0v) is 10.9. The molecule has 1 heterocycles. The van der Waals surface area contributed by atoms with Crippen LogP contribution in [0.2, 0.25) is 0 Å². The number of unbranched alkanes of at least 4 members (excludes halogenated alkanes) is 1. The number of aromatic nitrogens is 3. The first-order valence-corrected chi connectivity index (χ1v) is 6.93. The maximum absolute atomic E-state index is 5.54. The second kappa shape index (κ2) is 6.15. The molecule has 0 amide bonds. The van der Waals surface area contributed by atoms with Crippen LogP contribution in [-0.2, 0) is 6.42 Å². The molecule has 1 aliphatic rings. The highest BCUT2D eigenvalue weighted by molar-refractivity contribution is 4.98. The van der Waals surface area contributed by atoms with Crippen LogP contribution in [-0.4, -0.2) is 21.3 Å². The van der Waals surface area contributed by atoms with E-state index in [4.69, 9.17) is 5.73 Å². The smallest absolute Gasteiger partial charge is 0.133 e. The van der Waals surface area contributed by atoms with Gasteiger partial charge in [-0.2, -0.15) is 0 Å². The van der Waals surface area contributed by atoms with Gasteiger partial charge < -0.3 is 10.3 Å². The topological polar surface area (TPSA) is 56.7 Å². The molecule has 2 N–H and O–H groups in total. The standard InChI is InChI=1S/C13H24N4/c1-11-15-16-13(9-5-6-10-14)17(11)12-7-3-2-4-8-12/h12H,2-10,14H2,1H3. The first-order valence-electron chi connectivity index (χ1n) is 6.93. The van der Waals surface area contributed by atoms with E-state index in [1.165, 1.54) is 37.9 Å². The Balaban J connectivity index is 2.05. The van der Waals surface area contributed by atoms with Crippen LogP contribution >= 0.6 is 0 Å². The summed E-state index contributed by atoms with van der Waals surface area (Å²) in [6, 6.07) is 0.645. The van der Waals surface area contributed by atoms with Crippen molar-refractivity contribution in [3.8, 4) is 0 Å². The summed E-state index contributed by atoms with van der Waals surface area (Å²) in [4.78, 5) is 0. The molecular formula is C13H24N4. The minimum atomic E-state index is 0.645. The number of hydrogen-bond donors (Lipinski definition) is 1. The largest absolute Gasteiger partial charge is 0.330 e. The molecule has 1 saturated carbocycles.